The molecule has 0 saturated carbocycles. The van der Waals surface area contributed by atoms with Crippen LogP contribution in [0.2, 0.25) is 0 Å². The van der Waals surface area contributed by atoms with Crippen LogP contribution in [-0.4, -0.2) is 47.8 Å². The molecule has 0 spiro atoms. The van der Waals surface area contributed by atoms with E-state index in [1.54, 1.807) is 12.4 Å². The van der Waals surface area contributed by atoms with Crippen LogP contribution in [0.15, 0.2) is 42.7 Å². The van der Waals surface area contributed by atoms with E-state index >= 15 is 0 Å². The Morgan fingerprint density at radius 3 is 2.56 bits per heavy atom. The van der Waals surface area contributed by atoms with Crippen LogP contribution in [0, 0.1) is 18.7 Å². The van der Waals surface area contributed by atoms with Crippen molar-refractivity contribution in [1.82, 2.24) is 15.2 Å². The smallest absolute Gasteiger partial charge is 0.253 e. The summed E-state index contributed by atoms with van der Waals surface area (Å²) in [5, 5.41) is 3.00. The molecule has 1 aliphatic heterocycles. The molecule has 0 atom stereocenters. The molecular weight excluding hydrogens is 345 g/mol. The van der Waals surface area contributed by atoms with Gasteiger partial charge in [0.1, 0.15) is 5.82 Å². The van der Waals surface area contributed by atoms with Crippen LogP contribution in [0.25, 0.3) is 0 Å². The van der Waals surface area contributed by atoms with Gasteiger partial charge in [-0.3, -0.25) is 19.5 Å². The quantitative estimate of drug-likeness (QED) is 0.796. The van der Waals surface area contributed by atoms with E-state index in [4.69, 9.17) is 0 Å². The van der Waals surface area contributed by atoms with E-state index in [-0.39, 0.29) is 17.5 Å². The summed E-state index contributed by atoms with van der Waals surface area (Å²) in [5.41, 5.74) is 2.06. The summed E-state index contributed by atoms with van der Waals surface area (Å²) < 4.78 is 13.0. The summed E-state index contributed by atoms with van der Waals surface area (Å²) in [6.45, 7) is 4.51. The molecule has 1 fully saturated rings. The standard InChI is InChI=1S/C21H24FN3O2/c1-15-6-9-23-13-19(15)21(27)24-12-16-7-10-25(11-8-16)14-20(26)17-2-4-18(22)5-3-17/h2-6,9,13,16H,7-8,10-12,14H2,1H3,(H,24,27). The number of benzene rings is 1. The van der Waals surface area contributed by atoms with Crippen LogP contribution < -0.4 is 5.32 Å². The number of rotatable bonds is 6. The van der Waals surface area contributed by atoms with E-state index in [2.05, 4.69) is 15.2 Å². The van der Waals surface area contributed by atoms with Gasteiger partial charge in [0.05, 0.1) is 12.1 Å². The minimum absolute atomic E-state index is 0.00815. The predicted octanol–water partition coefficient (Wildman–Crippen LogP) is 2.85. The fourth-order valence-electron chi connectivity index (χ4n) is 3.31. The molecule has 1 saturated heterocycles. The average Bonchev–Trinajstić information content (AvgIpc) is 2.68. The van der Waals surface area contributed by atoms with Gasteiger partial charge in [0, 0.05) is 24.5 Å². The molecular formula is C21H24FN3O2. The molecule has 0 radical (unpaired) electrons. The SMILES string of the molecule is Cc1ccncc1C(=O)NCC1CCN(CC(=O)c2ccc(F)cc2)CC1. The fourth-order valence-corrected chi connectivity index (χ4v) is 3.31. The molecule has 2 heterocycles. The molecule has 27 heavy (non-hydrogen) atoms. The molecule has 1 aliphatic rings. The highest BCUT2D eigenvalue weighted by molar-refractivity contribution is 5.97. The number of aromatic nitrogens is 1. The van der Waals surface area contributed by atoms with Crippen LogP contribution in [0.3, 0.4) is 0 Å². The van der Waals surface area contributed by atoms with E-state index in [9.17, 15) is 14.0 Å². The third kappa shape index (κ3) is 5.20. The van der Waals surface area contributed by atoms with Crippen LogP contribution in [0.5, 0.6) is 0 Å². The molecule has 0 aliphatic carbocycles. The molecule has 1 aromatic carbocycles. The van der Waals surface area contributed by atoms with Crippen molar-refractivity contribution in [3.05, 3.63) is 65.2 Å². The number of aryl methyl sites for hydroxylation is 1. The van der Waals surface area contributed by atoms with E-state index < -0.39 is 0 Å². The van der Waals surface area contributed by atoms with Crippen molar-refractivity contribution < 1.29 is 14.0 Å². The lowest BCUT2D eigenvalue weighted by Crippen LogP contribution is -2.40. The highest BCUT2D eigenvalue weighted by atomic mass is 19.1. The molecule has 0 unspecified atom stereocenters. The van der Waals surface area contributed by atoms with Crippen LogP contribution in [0.1, 0.15) is 39.1 Å². The van der Waals surface area contributed by atoms with Gasteiger partial charge < -0.3 is 5.32 Å². The molecule has 1 amide bonds. The zero-order valence-corrected chi connectivity index (χ0v) is 15.5. The van der Waals surface area contributed by atoms with Crippen molar-refractivity contribution >= 4 is 11.7 Å². The summed E-state index contributed by atoms with van der Waals surface area (Å²) in [4.78, 5) is 30.7. The summed E-state index contributed by atoms with van der Waals surface area (Å²) in [6, 6.07) is 7.50. The molecule has 1 aromatic heterocycles. The molecule has 5 nitrogen and oxygen atoms in total. The minimum Gasteiger partial charge on any atom is -0.352 e. The topological polar surface area (TPSA) is 62.3 Å². The van der Waals surface area contributed by atoms with Gasteiger partial charge in [-0.2, -0.15) is 0 Å². The van der Waals surface area contributed by atoms with Gasteiger partial charge in [0.25, 0.3) is 5.91 Å². The van der Waals surface area contributed by atoms with Gasteiger partial charge >= 0.3 is 0 Å². The minimum atomic E-state index is -0.337. The van der Waals surface area contributed by atoms with E-state index in [1.165, 1.54) is 24.3 Å². The lowest BCUT2D eigenvalue weighted by molar-refractivity contribution is 0.0887. The normalized spacial score (nSPS) is 15.5. The van der Waals surface area contributed by atoms with Gasteiger partial charge in [0.15, 0.2) is 5.78 Å². The van der Waals surface area contributed by atoms with Gasteiger partial charge in [-0.1, -0.05) is 0 Å². The Labute approximate surface area is 158 Å². The fraction of sp³-hybridized carbons (Fsp3) is 0.381. The number of carbonyl (C=O) groups is 2. The number of amides is 1. The van der Waals surface area contributed by atoms with Crippen molar-refractivity contribution in [3.63, 3.8) is 0 Å². The number of carbonyl (C=O) groups excluding carboxylic acids is 2. The third-order valence-electron chi connectivity index (χ3n) is 5.08. The molecule has 2 aromatic rings. The van der Waals surface area contributed by atoms with Gasteiger partial charge in [-0.05, 0) is 74.7 Å². The molecule has 6 heteroatoms. The summed E-state index contributed by atoms with van der Waals surface area (Å²) in [6.07, 6.45) is 5.13. The predicted molar refractivity (Wildman–Crippen MR) is 101 cm³/mol. The highest BCUT2D eigenvalue weighted by Gasteiger charge is 2.22. The Morgan fingerprint density at radius 2 is 1.89 bits per heavy atom. The lowest BCUT2D eigenvalue weighted by Gasteiger charge is -2.31. The number of Topliss-reactive ketones (excluding diaryl/α,β-unsaturated/α-hetero) is 1. The summed E-state index contributed by atoms with van der Waals surface area (Å²) in [5.74, 6) is -0.0117. The first kappa shape index (κ1) is 19.2. The first-order chi connectivity index (χ1) is 13.0. The van der Waals surface area contributed by atoms with E-state index in [1.807, 2.05) is 13.0 Å². The van der Waals surface area contributed by atoms with E-state index in [0.717, 1.165) is 31.5 Å². The number of pyridine rings is 1. The first-order valence-electron chi connectivity index (χ1n) is 9.23. The Morgan fingerprint density at radius 1 is 1.19 bits per heavy atom. The number of hydrogen-bond donors (Lipinski definition) is 1. The largest absolute Gasteiger partial charge is 0.352 e. The number of hydrogen-bond acceptors (Lipinski definition) is 4. The second-order valence-corrected chi connectivity index (χ2v) is 7.05. The molecule has 142 valence electrons. The lowest BCUT2D eigenvalue weighted by atomic mass is 9.96. The number of nitrogens with zero attached hydrogens (tertiary/aromatic N) is 2. The molecule has 3 rings (SSSR count). The number of nitrogens with one attached hydrogen (secondary N) is 1. The number of ketones is 1. The number of halogens is 1. The maximum absolute atomic E-state index is 13.0. The second kappa shape index (κ2) is 8.86. The Balaban J connectivity index is 1.42. The van der Waals surface area contributed by atoms with Crippen LogP contribution in [-0.2, 0) is 0 Å². The van der Waals surface area contributed by atoms with Crippen LogP contribution >= 0.6 is 0 Å². The third-order valence-corrected chi connectivity index (χ3v) is 5.08. The Hall–Kier alpha value is -2.60. The zero-order chi connectivity index (χ0) is 19.2. The van der Waals surface area contributed by atoms with Crippen molar-refractivity contribution in [3.8, 4) is 0 Å². The van der Waals surface area contributed by atoms with Gasteiger partial charge in [-0.15, -0.1) is 0 Å². The van der Waals surface area contributed by atoms with Gasteiger partial charge in [-0.25, -0.2) is 4.39 Å². The summed E-state index contributed by atoms with van der Waals surface area (Å²) >= 11 is 0. The molecule has 0 bridgehead atoms. The number of likely N-dealkylation sites (tertiary alicyclic amines) is 1. The van der Waals surface area contributed by atoms with Crippen molar-refractivity contribution in [2.45, 2.75) is 19.8 Å². The van der Waals surface area contributed by atoms with Crippen molar-refractivity contribution in [1.29, 1.82) is 0 Å². The average molecular weight is 369 g/mol. The first-order valence-corrected chi connectivity index (χ1v) is 9.23. The maximum atomic E-state index is 13.0. The van der Waals surface area contributed by atoms with Crippen molar-refractivity contribution in [2.24, 2.45) is 5.92 Å². The zero-order valence-electron chi connectivity index (χ0n) is 15.5. The highest BCUT2D eigenvalue weighted by Crippen LogP contribution is 2.17. The van der Waals surface area contributed by atoms with E-state index in [0.29, 0.717) is 30.1 Å². The monoisotopic (exact) mass is 369 g/mol. The second-order valence-electron chi connectivity index (χ2n) is 7.05. The van der Waals surface area contributed by atoms with Gasteiger partial charge in [0.2, 0.25) is 0 Å². The van der Waals surface area contributed by atoms with Crippen LogP contribution in [0.4, 0.5) is 4.39 Å². The number of piperidine rings is 1. The molecule has 1 N–H and O–H groups in total. The maximum Gasteiger partial charge on any atom is 0.253 e. The van der Waals surface area contributed by atoms with Crippen molar-refractivity contribution in [2.75, 3.05) is 26.2 Å². The summed E-state index contributed by atoms with van der Waals surface area (Å²) in [7, 11) is 0. The Bertz CT molecular complexity index is 799. The Kier molecular flexibility index (Phi) is 6.29.